The van der Waals surface area contributed by atoms with Crippen LogP contribution >= 0.6 is 0 Å². The summed E-state index contributed by atoms with van der Waals surface area (Å²) in [5.74, 6) is -0.0687. The largest absolute Gasteiger partial charge is 0.496 e. The summed E-state index contributed by atoms with van der Waals surface area (Å²) in [4.78, 5) is 23.7. The Bertz CT molecular complexity index is 935. The second-order valence-electron chi connectivity index (χ2n) is 5.68. The summed E-state index contributed by atoms with van der Waals surface area (Å²) < 4.78 is 5.41. The number of ether oxygens (including phenoxy) is 1. The minimum Gasteiger partial charge on any atom is -0.496 e. The summed E-state index contributed by atoms with van der Waals surface area (Å²) >= 11 is 0. The average Bonchev–Trinajstić information content (AvgIpc) is 2.68. The van der Waals surface area contributed by atoms with Crippen molar-refractivity contribution >= 4 is 17.5 Å². The lowest BCUT2D eigenvalue weighted by molar-refractivity contribution is 0.0998. The molecule has 0 radical (unpaired) electrons. The van der Waals surface area contributed by atoms with Crippen LogP contribution in [0.15, 0.2) is 72.8 Å². The third-order valence-corrected chi connectivity index (χ3v) is 3.97. The molecule has 0 heterocycles. The van der Waals surface area contributed by atoms with Gasteiger partial charge in [0.1, 0.15) is 5.75 Å². The highest BCUT2D eigenvalue weighted by Gasteiger charge is 2.12. The summed E-state index contributed by atoms with van der Waals surface area (Å²) in [6.07, 6.45) is 0. The second-order valence-corrected chi connectivity index (χ2v) is 5.68. The molecule has 0 unspecified atom stereocenters. The van der Waals surface area contributed by atoms with Gasteiger partial charge in [-0.1, -0.05) is 30.3 Å². The van der Waals surface area contributed by atoms with Gasteiger partial charge in [-0.25, -0.2) is 0 Å². The lowest BCUT2D eigenvalue weighted by Gasteiger charge is -2.11. The van der Waals surface area contributed by atoms with Gasteiger partial charge < -0.3 is 15.8 Å². The number of carbonyl (C=O) groups is 2. The normalized spacial score (nSPS) is 10.2. The predicted molar refractivity (Wildman–Crippen MR) is 101 cm³/mol. The molecule has 0 aliphatic heterocycles. The van der Waals surface area contributed by atoms with Gasteiger partial charge in [-0.05, 0) is 48.0 Å². The predicted octanol–water partition coefficient (Wildman–Crippen LogP) is 3.71. The first-order chi connectivity index (χ1) is 12.6. The molecule has 0 saturated heterocycles. The molecule has 3 rings (SSSR count). The van der Waals surface area contributed by atoms with E-state index in [4.69, 9.17) is 10.5 Å². The summed E-state index contributed by atoms with van der Waals surface area (Å²) in [5, 5.41) is 2.81. The SMILES string of the molecule is COc1ccc(C(=O)Nc2ccc(C(N)=O)cc2)cc1-c1ccccc1. The van der Waals surface area contributed by atoms with Crippen molar-refractivity contribution in [2.75, 3.05) is 12.4 Å². The van der Waals surface area contributed by atoms with E-state index in [-0.39, 0.29) is 5.91 Å². The van der Waals surface area contributed by atoms with Crippen molar-refractivity contribution in [2.24, 2.45) is 5.73 Å². The maximum atomic E-state index is 12.6. The molecule has 130 valence electrons. The number of nitrogens with two attached hydrogens (primary N) is 1. The Labute approximate surface area is 151 Å². The zero-order valence-corrected chi connectivity index (χ0v) is 14.2. The van der Waals surface area contributed by atoms with Crippen LogP contribution in [0.5, 0.6) is 5.75 Å². The Morgan fingerprint density at radius 1 is 0.885 bits per heavy atom. The zero-order chi connectivity index (χ0) is 18.5. The van der Waals surface area contributed by atoms with E-state index in [1.54, 1.807) is 49.6 Å². The Kier molecular flexibility index (Phi) is 4.99. The Balaban J connectivity index is 1.86. The lowest BCUT2D eigenvalue weighted by atomic mass is 10.0. The van der Waals surface area contributed by atoms with Gasteiger partial charge in [0.2, 0.25) is 5.91 Å². The van der Waals surface area contributed by atoms with E-state index in [9.17, 15) is 9.59 Å². The maximum absolute atomic E-state index is 12.6. The van der Waals surface area contributed by atoms with Crippen molar-refractivity contribution in [2.45, 2.75) is 0 Å². The molecule has 0 aromatic heterocycles. The lowest BCUT2D eigenvalue weighted by Crippen LogP contribution is -2.13. The zero-order valence-electron chi connectivity index (χ0n) is 14.2. The highest BCUT2D eigenvalue weighted by Crippen LogP contribution is 2.31. The minimum absolute atomic E-state index is 0.253. The van der Waals surface area contributed by atoms with Crippen LogP contribution in [0.1, 0.15) is 20.7 Å². The van der Waals surface area contributed by atoms with E-state index in [0.717, 1.165) is 11.1 Å². The fourth-order valence-electron chi connectivity index (χ4n) is 2.61. The molecule has 0 aliphatic rings. The van der Waals surface area contributed by atoms with Crippen LogP contribution in [0.2, 0.25) is 0 Å². The maximum Gasteiger partial charge on any atom is 0.255 e. The van der Waals surface area contributed by atoms with E-state index in [2.05, 4.69) is 5.32 Å². The van der Waals surface area contributed by atoms with Gasteiger partial charge in [0, 0.05) is 22.4 Å². The Morgan fingerprint density at radius 2 is 1.54 bits per heavy atom. The van der Waals surface area contributed by atoms with Crippen LogP contribution in [0, 0.1) is 0 Å². The summed E-state index contributed by atoms with van der Waals surface area (Å²) in [6, 6.07) is 21.4. The van der Waals surface area contributed by atoms with Crippen LogP contribution in [-0.2, 0) is 0 Å². The van der Waals surface area contributed by atoms with Gasteiger partial charge in [0.25, 0.3) is 5.91 Å². The number of primary amides is 1. The van der Waals surface area contributed by atoms with Crippen molar-refractivity contribution in [3.8, 4) is 16.9 Å². The molecule has 0 aliphatic carbocycles. The molecule has 5 nitrogen and oxygen atoms in total. The van der Waals surface area contributed by atoms with Gasteiger partial charge >= 0.3 is 0 Å². The standard InChI is InChI=1S/C21H18N2O3/c1-26-19-12-9-16(13-18(19)14-5-3-2-4-6-14)21(25)23-17-10-7-15(8-11-17)20(22)24/h2-13H,1H3,(H2,22,24)(H,23,25). The number of hydrogen-bond acceptors (Lipinski definition) is 3. The molecular weight excluding hydrogens is 328 g/mol. The Hall–Kier alpha value is -3.60. The van der Waals surface area contributed by atoms with E-state index >= 15 is 0 Å². The highest BCUT2D eigenvalue weighted by atomic mass is 16.5. The fraction of sp³-hybridized carbons (Fsp3) is 0.0476. The quantitative estimate of drug-likeness (QED) is 0.739. The van der Waals surface area contributed by atoms with Gasteiger partial charge in [-0.2, -0.15) is 0 Å². The number of nitrogens with one attached hydrogen (secondary N) is 1. The smallest absolute Gasteiger partial charge is 0.255 e. The monoisotopic (exact) mass is 346 g/mol. The molecule has 0 saturated carbocycles. The first kappa shape index (κ1) is 17.2. The minimum atomic E-state index is -0.509. The van der Waals surface area contributed by atoms with Crippen molar-refractivity contribution < 1.29 is 14.3 Å². The summed E-state index contributed by atoms with van der Waals surface area (Å²) in [7, 11) is 1.60. The van der Waals surface area contributed by atoms with Crippen molar-refractivity contribution in [3.05, 3.63) is 83.9 Å². The van der Waals surface area contributed by atoms with Crippen LogP contribution in [-0.4, -0.2) is 18.9 Å². The molecule has 0 spiro atoms. The second kappa shape index (κ2) is 7.53. The third-order valence-electron chi connectivity index (χ3n) is 3.97. The fourth-order valence-corrected chi connectivity index (χ4v) is 2.61. The van der Waals surface area contributed by atoms with Gasteiger partial charge in [0.15, 0.2) is 0 Å². The summed E-state index contributed by atoms with van der Waals surface area (Å²) in [6.45, 7) is 0. The Morgan fingerprint density at radius 3 is 2.15 bits per heavy atom. The third kappa shape index (κ3) is 3.72. The molecule has 0 atom stereocenters. The number of anilines is 1. The number of amides is 2. The molecule has 3 N–H and O–H groups in total. The number of carbonyl (C=O) groups excluding carboxylic acids is 2. The molecule has 2 amide bonds. The van der Waals surface area contributed by atoms with E-state index in [0.29, 0.717) is 22.6 Å². The van der Waals surface area contributed by atoms with Gasteiger partial charge in [-0.3, -0.25) is 9.59 Å². The molecule has 0 fully saturated rings. The first-order valence-electron chi connectivity index (χ1n) is 8.03. The van der Waals surface area contributed by atoms with Crippen molar-refractivity contribution in [1.29, 1.82) is 0 Å². The number of methoxy groups -OCH3 is 1. The van der Waals surface area contributed by atoms with E-state index in [1.165, 1.54) is 0 Å². The van der Waals surface area contributed by atoms with Crippen LogP contribution in [0.25, 0.3) is 11.1 Å². The van der Waals surface area contributed by atoms with E-state index < -0.39 is 5.91 Å². The van der Waals surface area contributed by atoms with Crippen molar-refractivity contribution in [3.63, 3.8) is 0 Å². The molecule has 5 heteroatoms. The number of hydrogen-bond donors (Lipinski definition) is 2. The van der Waals surface area contributed by atoms with Crippen LogP contribution in [0.4, 0.5) is 5.69 Å². The van der Waals surface area contributed by atoms with E-state index in [1.807, 2.05) is 30.3 Å². The highest BCUT2D eigenvalue weighted by molar-refractivity contribution is 6.05. The molecular formula is C21H18N2O3. The van der Waals surface area contributed by atoms with Gasteiger partial charge in [-0.15, -0.1) is 0 Å². The molecule has 3 aromatic carbocycles. The van der Waals surface area contributed by atoms with Crippen molar-refractivity contribution in [1.82, 2.24) is 0 Å². The molecule has 26 heavy (non-hydrogen) atoms. The summed E-state index contributed by atoms with van der Waals surface area (Å²) in [5.41, 5.74) is 8.49. The van der Waals surface area contributed by atoms with Crippen LogP contribution in [0.3, 0.4) is 0 Å². The average molecular weight is 346 g/mol. The topological polar surface area (TPSA) is 81.4 Å². The first-order valence-corrected chi connectivity index (χ1v) is 8.03. The number of rotatable bonds is 5. The van der Waals surface area contributed by atoms with Gasteiger partial charge in [0.05, 0.1) is 7.11 Å². The number of benzene rings is 3. The van der Waals surface area contributed by atoms with Crippen LogP contribution < -0.4 is 15.8 Å². The molecule has 0 bridgehead atoms. The molecule has 3 aromatic rings.